The maximum absolute atomic E-state index is 12.0. The van der Waals surface area contributed by atoms with E-state index in [-0.39, 0.29) is 30.5 Å². The molecule has 1 aromatic heterocycles. The molecule has 0 spiro atoms. The van der Waals surface area contributed by atoms with Crippen molar-refractivity contribution in [1.82, 2.24) is 19.4 Å². The van der Waals surface area contributed by atoms with Crippen LogP contribution in [-0.4, -0.2) is 40.2 Å². The van der Waals surface area contributed by atoms with Crippen LogP contribution in [0.1, 0.15) is 51.5 Å². The second-order valence-corrected chi connectivity index (χ2v) is 7.30. The van der Waals surface area contributed by atoms with Gasteiger partial charge in [-0.3, -0.25) is 9.13 Å². The van der Waals surface area contributed by atoms with Crippen molar-refractivity contribution in [3.05, 3.63) is 34.2 Å². The van der Waals surface area contributed by atoms with Crippen molar-refractivity contribution in [2.45, 2.75) is 52.5 Å². The third-order valence-corrected chi connectivity index (χ3v) is 5.15. The van der Waals surface area contributed by atoms with Crippen LogP contribution in [0.15, 0.2) is 23.0 Å². The standard InChI is InChI=1S/C21H36N4O.2ClH/c1-5-7-13-25(14-8-6-2)15-9-12-22-17-18-10-11-19-20(16-18)24(4)21(26)23(19)3;;/h10-11,16,22H,5-9,12-15,17H2,1-4H3;2*1H. The number of fused-ring (bicyclic) bond motifs is 1. The van der Waals surface area contributed by atoms with E-state index in [1.807, 2.05) is 20.2 Å². The number of benzene rings is 1. The first-order valence-electron chi connectivity index (χ1n) is 10.2. The van der Waals surface area contributed by atoms with E-state index >= 15 is 0 Å². The van der Waals surface area contributed by atoms with Gasteiger partial charge in [0.2, 0.25) is 0 Å². The van der Waals surface area contributed by atoms with Gasteiger partial charge in [0.1, 0.15) is 0 Å². The lowest BCUT2D eigenvalue weighted by Gasteiger charge is -2.22. The van der Waals surface area contributed by atoms with Crippen molar-refractivity contribution in [3.8, 4) is 0 Å². The van der Waals surface area contributed by atoms with E-state index in [4.69, 9.17) is 0 Å². The molecule has 0 saturated carbocycles. The maximum atomic E-state index is 12.0. The summed E-state index contributed by atoms with van der Waals surface area (Å²) in [7, 11) is 3.66. The molecule has 7 heteroatoms. The van der Waals surface area contributed by atoms with Crippen LogP contribution in [0.5, 0.6) is 0 Å². The Labute approximate surface area is 182 Å². The molecule has 0 aliphatic carbocycles. The van der Waals surface area contributed by atoms with Crippen molar-refractivity contribution < 1.29 is 0 Å². The quantitative estimate of drug-likeness (QED) is 0.513. The summed E-state index contributed by atoms with van der Waals surface area (Å²) in [5.74, 6) is 0. The second kappa shape index (κ2) is 14.0. The summed E-state index contributed by atoms with van der Waals surface area (Å²) >= 11 is 0. The summed E-state index contributed by atoms with van der Waals surface area (Å²) in [6.07, 6.45) is 6.32. The zero-order chi connectivity index (χ0) is 18.9. The molecule has 1 heterocycles. The number of aryl methyl sites for hydroxylation is 2. The molecular weight excluding hydrogens is 395 g/mol. The van der Waals surface area contributed by atoms with E-state index in [0.29, 0.717) is 0 Å². The predicted octanol–water partition coefficient (Wildman–Crippen LogP) is 4.10. The van der Waals surface area contributed by atoms with Gasteiger partial charge in [-0.2, -0.15) is 0 Å². The Kier molecular flexibility index (Phi) is 13.5. The summed E-state index contributed by atoms with van der Waals surface area (Å²) in [5.41, 5.74) is 3.25. The van der Waals surface area contributed by atoms with Crippen molar-refractivity contribution >= 4 is 35.8 Å². The fourth-order valence-electron chi connectivity index (χ4n) is 3.42. The normalized spacial score (nSPS) is 10.9. The van der Waals surface area contributed by atoms with E-state index in [1.54, 1.807) is 9.13 Å². The van der Waals surface area contributed by atoms with Gasteiger partial charge in [0.15, 0.2) is 0 Å². The Balaban J connectivity index is 0.00000364. The lowest BCUT2D eigenvalue weighted by molar-refractivity contribution is 0.261. The van der Waals surface area contributed by atoms with Crippen LogP contribution in [0.2, 0.25) is 0 Å². The largest absolute Gasteiger partial charge is 0.328 e. The fraction of sp³-hybridized carbons (Fsp3) is 0.667. The summed E-state index contributed by atoms with van der Waals surface area (Å²) in [6, 6.07) is 6.28. The lowest BCUT2D eigenvalue weighted by Crippen LogP contribution is -2.29. The Hall–Kier alpha value is -1.01. The smallest absolute Gasteiger partial charge is 0.313 e. The van der Waals surface area contributed by atoms with Crippen LogP contribution < -0.4 is 11.0 Å². The number of aromatic nitrogens is 2. The van der Waals surface area contributed by atoms with Gasteiger partial charge < -0.3 is 10.2 Å². The van der Waals surface area contributed by atoms with Gasteiger partial charge in [0, 0.05) is 20.6 Å². The van der Waals surface area contributed by atoms with E-state index < -0.39 is 0 Å². The predicted molar refractivity (Wildman–Crippen MR) is 125 cm³/mol. The molecule has 0 atom stereocenters. The molecule has 2 aromatic rings. The number of nitrogens with zero attached hydrogens (tertiary/aromatic N) is 3. The van der Waals surface area contributed by atoms with Gasteiger partial charge in [-0.1, -0.05) is 32.8 Å². The molecule has 0 radical (unpaired) electrons. The monoisotopic (exact) mass is 432 g/mol. The maximum Gasteiger partial charge on any atom is 0.328 e. The average Bonchev–Trinajstić information content (AvgIpc) is 2.87. The first kappa shape index (κ1) is 27.0. The molecule has 0 aliphatic heterocycles. The van der Waals surface area contributed by atoms with Gasteiger partial charge in [0.05, 0.1) is 11.0 Å². The summed E-state index contributed by atoms with van der Waals surface area (Å²) in [5, 5.41) is 3.55. The van der Waals surface area contributed by atoms with Gasteiger partial charge >= 0.3 is 5.69 Å². The van der Waals surface area contributed by atoms with Crippen LogP contribution in [-0.2, 0) is 20.6 Å². The van der Waals surface area contributed by atoms with Crippen LogP contribution in [0.3, 0.4) is 0 Å². The molecule has 0 amide bonds. The molecule has 1 aromatic carbocycles. The van der Waals surface area contributed by atoms with Crippen molar-refractivity contribution in [3.63, 3.8) is 0 Å². The third kappa shape index (κ3) is 7.43. The molecule has 0 bridgehead atoms. The minimum Gasteiger partial charge on any atom is -0.313 e. The van der Waals surface area contributed by atoms with Crippen molar-refractivity contribution in [1.29, 1.82) is 0 Å². The van der Waals surface area contributed by atoms with E-state index in [0.717, 1.165) is 24.1 Å². The molecule has 1 N–H and O–H groups in total. The Morgan fingerprint density at radius 1 is 0.893 bits per heavy atom. The Morgan fingerprint density at radius 2 is 1.46 bits per heavy atom. The van der Waals surface area contributed by atoms with Gasteiger partial charge in [-0.15, -0.1) is 24.8 Å². The van der Waals surface area contributed by atoms with Crippen molar-refractivity contribution in [2.24, 2.45) is 14.1 Å². The van der Waals surface area contributed by atoms with Gasteiger partial charge in [-0.05, 0) is 63.1 Å². The number of nitrogens with one attached hydrogen (secondary N) is 1. The first-order chi connectivity index (χ1) is 12.6. The summed E-state index contributed by atoms with van der Waals surface area (Å²) < 4.78 is 3.42. The Bertz CT molecular complexity index is 734. The number of unbranched alkanes of at least 4 members (excludes halogenated alkanes) is 2. The fourth-order valence-corrected chi connectivity index (χ4v) is 3.42. The molecule has 28 heavy (non-hydrogen) atoms. The number of halogens is 2. The molecule has 162 valence electrons. The van der Waals surface area contributed by atoms with Crippen LogP contribution in [0.4, 0.5) is 0 Å². The first-order valence-corrected chi connectivity index (χ1v) is 10.2. The highest BCUT2D eigenvalue weighted by Gasteiger charge is 2.08. The molecule has 0 fully saturated rings. The van der Waals surface area contributed by atoms with Crippen LogP contribution in [0.25, 0.3) is 11.0 Å². The third-order valence-electron chi connectivity index (χ3n) is 5.15. The SMILES string of the molecule is CCCCN(CCCC)CCCNCc1ccc2c(c1)n(C)c(=O)n2C.Cl.Cl. The average molecular weight is 433 g/mol. The molecule has 0 unspecified atom stereocenters. The zero-order valence-corrected chi connectivity index (χ0v) is 19.5. The minimum atomic E-state index is 0. The highest BCUT2D eigenvalue weighted by atomic mass is 35.5. The zero-order valence-electron chi connectivity index (χ0n) is 17.9. The van der Waals surface area contributed by atoms with Crippen LogP contribution >= 0.6 is 24.8 Å². The Morgan fingerprint density at radius 3 is 2.07 bits per heavy atom. The van der Waals surface area contributed by atoms with E-state index in [1.165, 1.54) is 57.3 Å². The highest BCUT2D eigenvalue weighted by molar-refractivity contribution is 5.85. The lowest BCUT2D eigenvalue weighted by atomic mass is 10.2. The van der Waals surface area contributed by atoms with E-state index in [9.17, 15) is 4.79 Å². The van der Waals surface area contributed by atoms with Gasteiger partial charge in [-0.25, -0.2) is 4.79 Å². The van der Waals surface area contributed by atoms with Crippen LogP contribution in [0, 0.1) is 0 Å². The number of hydrogen-bond acceptors (Lipinski definition) is 3. The molecule has 0 saturated heterocycles. The number of imidazole rings is 1. The highest BCUT2D eigenvalue weighted by Crippen LogP contribution is 2.13. The van der Waals surface area contributed by atoms with Gasteiger partial charge in [0.25, 0.3) is 0 Å². The summed E-state index contributed by atoms with van der Waals surface area (Å²) in [4.78, 5) is 14.6. The molecule has 2 rings (SSSR count). The molecule has 5 nitrogen and oxygen atoms in total. The number of rotatable bonds is 12. The molecule has 0 aliphatic rings. The second-order valence-electron chi connectivity index (χ2n) is 7.30. The van der Waals surface area contributed by atoms with Crippen molar-refractivity contribution in [2.75, 3.05) is 26.2 Å². The minimum absolute atomic E-state index is 0. The van der Waals surface area contributed by atoms with E-state index in [2.05, 4.69) is 36.2 Å². The summed E-state index contributed by atoms with van der Waals surface area (Å²) in [6.45, 7) is 10.0. The number of hydrogen-bond donors (Lipinski definition) is 1. The molecular formula is C21H38Cl2N4O. The topological polar surface area (TPSA) is 42.2 Å².